The molecule has 0 saturated carbocycles. The predicted molar refractivity (Wildman–Crippen MR) is 74.4 cm³/mol. The van der Waals surface area contributed by atoms with E-state index in [1.54, 1.807) is 5.32 Å². The van der Waals surface area contributed by atoms with Crippen molar-refractivity contribution in [2.24, 2.45) is 0 Å². The van der Waals surface area contributed by atoms with E-state index in [2.05, 4.69) is 0 Å². The first-order chi connectivity index (χ1) is 9.90. The summed E-state index contributed by atoms with van der Waals surface area (Å²) < 4.78 is 44.1. The van der Waals surface area contributed by atoms with Crippen molar-refractivity contribution in [3.63, 3.8) is 0 Å². The molecule has 9 heteroatoms. The van der Waals surface area contributed by atoms with Crippen LogP contribution in [0.1, 0.15) is 32.4 Å². The molecule has 1 aromatic carbocycles. The maximum atomic E-state index is 13.1. The lowest BCUT2D eigenvalue weighted by molar-refractivity contribution is -0.156. The predicted octanol–water partition coefficient (Wildman–Crippen LogP) is 1.49. The molecular weight excluding hydrogens is 302 g/mol. The Morgan fingerprint density at radius 2 is 1.68 bits per heavy atom. The Hall–Kier alpha value is -1.74. The van der Waals surface area contributed by atoms with Crippen LogP contribution >= 0.6 is 0 Å². The van der Waals surface area contributed by atoms with E-state index in [-0.39, 0.29) is 11.0 Å². The topological polar surface area (TPSA) is 78.8 Å². The average molecular weight is 319 g/mol. The summed E-state index contributed by atoms with van der Waals surface area (Å²) in [6, 6.07) is 2.13. The normalized spacial score (nSPS) is 13.5. The molecule has 0 bridgehead atoms. The number of nitrogens with one attached hydrogen (secondary N) is 1. The molecule has 0 spiro atoms. The number of alkyl carbamates (subject to hydrolysis) is 1. The molecule has 1 rings (SSSR count). The minimum atomic E-state index is -4.73. The van der Waals surface area contributed by atoms with Crippen molar-refractivity contribution in [1.29, 1.82) is 0 Å². The SMILES string of the molecule is CC(C)(C)OC(=O)N[C@H](c1ccc(B(O)O)cc1)C(F)(F)F. The van der Waals surface area contributed by atoms with Gasteiger partial charge in [-0.3, -0.25) is 0 Å². The highest BCUT2D eigenvalue weighted by Gasteiger charge is 2.42. The lowest BCUT2D eigenvalue weighted by Gasteiger charge is -2.25. The quantitative estimate of drug-likeness (QED) is 0.738. The van der Waals surface area contributed by atoms with Crippen LogP contribution in [0.15, 0.2) is 24.3 Å². The highest BCUT2D eigenvalue weighted by Crippen LogP contribution is 2.32. The van der Waals surface area contributed by atoms with Gasteiger partial charge in [0.15, 0.2) is 6.04 Å². The van der Waals surface area contributed by atoms with Crippen molar-refractivity contribution in [3.8, 4) is 0 Å². The van der Waals surface area contributed by atoms with Gasteiger partial charge < -0.3 is 20.1 Å². The molecule has 22 heavy (non-hydrogen) atoms. The minimum absolute atomic E-state index is 0.0435. The van der Waals surface area contributed by atoms with E-state index >= 15 is 0 Å². The fourth-order valence-corrected chi connectivity index (χ4v) is 1.64. The number of alkyl halides is 3. The zero-order valence-corrected chi connectivity index (χ0v) is 12.3. The third kappa shape index (κ3) is 5.57. The molecule has 0 aliphatic carbocycles. The first-order valence-corrected chi connectivity index (χ1v) is 6.42. The molecular formula is C13H17BF3NO4. The first-order valence-electron chi connectivity index (χ1n) is 6.42. The Kier molecular flexibility index (Phi) is 5.47. The van der Waals surface area contributed by atoms with Gasteiger partial charge in [0.1, 0.15) is 5.60 Å². The van der Waals surface area contributed by atoms with Crippen LogP contribution in [0.2, 0.25) is 0 Å². The van der Waals surface area contributed by atoms with Crippen molar-refractivity contribution < 1.29 is 32.8 Å². The molecule has 1 amide bonds. The molecule has 0 unspecified atom stereocenters. The van der Waals surface area contributed by atoms with Crippen LogP contribution in [0.3, 0.4) is 0 Å². The summed E-state index contributed by atoms with van der Waals surface area (Å²) in [4.78, 5) is 11.6. The fourth-order valence-electron chi connectivity index (χ4n) is 1.64. The molecule has 3 N–H and O–H groups in total. The van der Waals surface area contributed by atoms with Gasteiger partial charge in [-0.15, -0.1) is 0 Å². The van der Waals surface area contributed by atoms with Gasteiger partial charge in [-0.1, -0.05) is 24.3 Å². The summed E-state index contributed by atoms with van der Waals surface area (Å²) in [5.41, 5.74) is -1.13. The second-order valence-corrected chi connectivity index (χ2v) is 5.66. The molecule has 122 valence electrons. The van der Waals surface area contributed by atoms with Gasteiger partial charge in [-0.05, 0) is 31.8 Å². The number of carbonyl (C=O) groups is 1. The zero-order chi connectivity index (χ0) is 17.1. The number of rotatable bonds is 3. The van der Waals surface area contributed by atoms with Crippen molar-refractivity contribution in [1.82, 2.24) is 5.32 Å². The standard InChI is InChI=1S/C13H17BF3NO4/c1-12(2,3)22-11(19)18-10(13(15,16)17)8-4-6-9(7-5-8)14(20)21/h4-7,10,20-21H,1-3H3,(H,18,19)/t10-/m1/s1. The number of amides is 1. The summed E-state index contributed by atoms with van der Waals surface area (Å²) in [6.07, 6.45) is -5.92. The molecule has 1 aromatic rings. The van der Waals surface area contributed by atoms with Gasteiger partial charge >= 0.3 is 19.4 Å². The summed E-state index contributed by atoms with van der Waals surface area (Å²) in [7, 11) is -1.78. The van der Waals surface area contributed by atoms with E-state index in [0.717, 1.165) is 24.3 Å². The number of hydrogen-bond donors (Lipinski definition) is 3. The van der Waals surface area contributed by atoms with Gasteiger partial charge in [0.2, 0.25) is 0 Å². The molecule has 0 fully saturated rings. The molecule has 0 aliphatic rings. The maximum absolute atomic E-state index is 13.1. The average Bonchev–Trinajstić information content (AvgIpc) is 2.32. The lowest BCUT2D eigenvalue weighted by atomic mass is 9.80. The Bertz CT molecular complexity index is 512. The molecule has 0 aromatic heterocycles. The largest absolute Gasteiger partial charge is 0.488 e. The van der Waals surface area contributed by atoms with Gasteiger partial charge in [-0.2, -0.15) is 13.2 Å². The van der Waals surface area contributed by atoms with Crippen LogP contribution in [0, 0.1) is 0 Å². The van der Waals surface area contributed by atoms with Crippen LogP contribution in [-0.2, 0) is 4.74 Å². The number of halogens is 3. The van der Waals surface area contributed by atoms with Crippen LogP contribution < -0.4 is 10.8 Å². The Morgan fingerprint density at radius 1 is 1.18 bits per heavy atom. The van der Waals surface area contributed by atoms with Gasteiger partial charge in [0.05, 0.1) is 0 Å². The van der Waals surface area contributed by atoms with E-state index in [4.69, 9.17) is 14.8 Å². The smallest absolute Gasteiger partial charge is 0.444 e. The molecule has 1 atom stereocenters. The third-order valence-electron chi connectivity index (χ3n) is 2.56. The summed E-state index contributed by atoms with van der Waals surface area (Å²) in [5, 5.41) is 19.6. The van der Waals surface area contributed by atoms with Gasteiger partial charge in [0.25, 0.3) is 0 Å². The molecule has 0 aliphatic heterocycles. The number of benzene rings is 1. The van der Waals surface area contributed by atoms with Crippen LogP contribution in [0.4, 0.5) is 18.0 Å². The van der Waals surface area contributed by atoms with Crippen LogP contribution in [0.25, 0.3) is 0 Å². The summed E-state index contributed by atoms with van der Waals surface area (Å²) >= 11 is 0. The van der Waals surface area contributed by atoms with E-state index in [1.807, 2.05) is 0 Å². The third-order valence-corrected chi connectivity index (χ3v) is 2.56. The van der Waals surface area contributed by atoms with Crippen molar-refractivity contribution in [2.75, 3.05) is 0 Å². The fraction of sp³-hybridized carbons (Fsp3) is 0.462. The molecule has 0 heterocycles. The van der Waals surface area contributed by atoms with Crippen molar-refractivity contribution in [2.45, 2.75) is 38.6 Å². The first kappa shape index (κ1) is 18.3. The van der Waals surface area contributed by atoms with E-state index in [9.17, 15) is 18.0 Å². The van der Waals surface area contributed by atoms with Gasteiger partial charge in [-0.25, -0.2) is 4.79 Å². The van der Waals surface area contributed by atoms with Crippen LogP contribution in [0.5, 0.6) is 0 Å². The Labute approximate surface area is 126 Å². The minimum Gasteiger partial charge on any atom is -0.444 e. The Morgan fingerprint density at radius 3 is 2.05 bits per heavy atom. The monoisotopic (exact) mass is 319 g/mol. The number of hydrogen-bond acceptors (Lipinski definition) is 4. The second-order valence-electron chi connectivity index (χ2n) is 5.66. The highest BCUT2D eigenvalue weighted by atomic mass is 19.4. The molecule has 0 saturated heterocycles. The highest BCUT2D eigenvalue weighted by molar-refractivity contribution is 6.58. The van der Waals surface area contributed by atoms with Crippen molar-refractivity contribution in [3.05, 3.63) is 29.8 Å². The summed E-state index contributed by atoms with van der Waals surface area (Å²) in [6.45, 7) is 4.60. The van der Waals surface area contributed by atoms with E-state index in [0.29, 0.717) is 0 Å². The van der Waals surface area contributed by atoms with Crippen LogP contribution in [-0.4, -0.2) is 35.0 Å². The summed E-state index contributed by atoms with van der Waals surface area (Å²) in [5.74, 6) is 0. The Balaban J connectivity index is 2.97. The number of carbonyl (C=O) groups excluding carboxylic acids is 1. The molecule has 5 nitrogen and oxygen atoms in total. The molecule has 0 radical (unpaired) electrons. The lowest BCUT2D eigenvalue weighted by Crippen LogP contribution is -2.41. The van der Waals surface area contributed by atoms with E-state index < -0.39 is 31.0 Å². The van der Waals surface area contributed by atoms with E-state index in [1.165, 1.54) is 20.8 Å². The second kappa shape index (κ2) is 6.57. The zero-order valence-electron chi connectivity index (χ0n) is 12.3. The maximum Gasteiger partial charge on any atom is 0.488 e. The number of ether oxygens (including phenoxy) is 1. The van der Waals surface area contributed by atoms with Crippen molar-refractivity contribution >= 4 is 18.7 Å². The van der Waals surface area contributed by atoms with Gasteiger partial charge in [0, 0.05) is 0 Å².